The molecule has 0 bridgehead atoms. The maximum absolute atomic E-state index is 11.1. The van der Waals surface area contributed by atoms with Crippen molar-refractivity contribution in [2.24, 2.45) is 0 Å². The molecule has 2 aromatic carbocycles. The fourth-order valence-electron chi connectivity index (χ4n) is 3.10. The molecule has 5 nitrogen and oxygen atoms in total. The van der Waals surface area contributed by atoms with Crippen LogP contribution in [0.25, 0.3) is 22.1 Å². The van der Waals surface area contributed by atoms with Crippen molar-refractivity contribution < 1.29 is 9.34 Å². The fourth-order valence-corrected chi connectivity index (χ4v) is 3.61. The number of rotatable bonds is 4. The first kappa shape index (κ1) is 17.5. The van der Waals surface area contributed by atoms with Gasteiger partial charge in [0.25, 0.3) is 5.69 Å². The molecule has 0 amide bonds. The van der Waals surface area contributed by atoms with Crippen LogP contribution in [0, 0.1) is 10.1 Å². The summed E-state index contributed by atoms with van der Waals surface area (Å²) in [6.45, 7) is 0. The summed E-state index contributed by atoms with van der Waals surface area (Å²) in [4.78, 5) is 14.7. The Labute approximate surface area is 164 Å². The Bertz CT molecular complexity index is 1150. The summed E-state index contributed by atoms with van der Waals surface area (Å²) in [6.07, 6.45) is 2.19. The average molecular weight is 399 g/mol. The Morgan fingerprint density at radius 1 is 1.00 bits per heavy atom. The van der Waals surface area contributed by atoms with Gasteiger partial charge in [-0.25, -0.2) is 4.98 Å². The summed E-state index contributed by atoms with van der Waals surface area (Å²) >= 11 is 12.0. The number of furan rings is 1. The van der Waals surface area contributed by atoms with Gasteiger partial charge in [0.15, 0.2) is 0 Å². The van der Waals surface area contributed by atoms with Crippen molar-refractivity contribution in [1.82, 2.24) is 4.98 Å². The zero-order chi connectivity index (χ0) is 19.0. The number of aromatic nitrogens is 1. The number of nitrogens with zero attached hydrogens (tertiary/aromatic N) is 2. The van der Waals surface area contributed by atoms with Crippen LogP contribution in [0.15, 0.2) is 65.3 Å². The van der Waals surface area contributed by atoms with Gasteiger partial charge >= 0.3 is 0 Å². The van der Waals surface area contributed by atoms with Crippen molar-refractivity contribution in [3.05, 3.63) is 92.4 Å². The second-order valence-corrected chi connectivity index (χ2v) is 6.86. The third-order valence-corrected chi connectivity index (χ3v) is 4.60. The minimum atomic E-state index is -0.409. The van der Waals surface area contributed by atoms with E-state index in [1.54, 1.807) is 30.5 Å². The Kier molecular flexibility index (Phi) is 4.56. The lowest BCUT2D eigenvalue weighted by Crippen LogP contribution is -1.92. The first-order chi connectivity index (χ1) is 13.0. The summed E-state index contributed by atoms with van der Waals surface area (Å²) in [6, 6.07) is 15.9. The molecule has 0 saturated carbocycles. The van der Waals surface area contributed by atoms with E-state index in [0.717, 1.165) is 27.6 Å². The molecule has 0 aliphatic heterocycles. The second-order valence-electron chi connectivity index (χ2n) is 6.09. The van der Waals surface area contributed by atoms with Crippen molar-refractivity contribution in [2.75, 3.05) is 0 Å². The van der Waals surface area contributed by atoms with Crippen LogP contribution in [0.4, 0.5) is 5.69 Å². The van der Waals surface area contributed by atoms with E-state index < -0.39 is 4.92 Å². The number of hydrogen-bond donors (Lipinski definition) is 0. The third kappa shape index (κ3) is 3.65. The molecule has 2 aromatic heterocycles. The molecule has 0 atom stereocenters. The van der Waals surface area contributed by atoms with E-state index in [1.165, 1.54) is 6.07 Å². The largest absolute Gasteiger partial charge is 0.464 e. The molecule has 134 valence electrons. The van der Waals surface area contributed by atoms with E-state index in [9.17, 15) is 10.1 Å². The summed E-state index contributed by atoms with van der Waals surface area (Å²) in [7, 11) is 0. The van der Waals surface area contributed by atoms with E-state index in [4.69, 9.17) is 27.6 Å². The number of fused-ring (bicyclic) bond motifs is 1. The molecule has 27 heavy (non-hydrogen) atoms. The first-order valence-electron chi connectivity index (χ1n) is 8.06. The van der Waals surface area contributed by atoms with E-state index >= 15 is 0 Å². The van der Waals surface area contributed by atoms with Gasteiger partial charge < -0.3 is 4.42 Å². The summed E-state index contributed by atoms with van der Waals surface area (Å²) in [5.74, 6) is 0. The molecule has 4 rings (SSSR count). The Morgan fingerprint density at radius 3 is 2.48 bits per heavy atom. The topological polar surface area (TPSA) is 69.2 Å². The van der Waals surface area contributed by atoms with Gasteiger partial charge in [0.1, 0.15) is 15.9 Å². The molecule has 7 heteroatoms. The number of pyridine rings is 1. The average Bonchev–Trinajstić information content (AvgIpc) is 3.08. The summed E-state index contributed by atoms with van der Waals surface area (Å²) in [5, 5.41) is 12.7. The van der Waals surface area contributed by atoms with Gasteiger partial charge in [-0.15, -0.1) is 0 Å². The van der Waals surface area contributed by atoms with Crippen molar-refractivity contribution in [3.63, 3.8) is 0 Å². The van der Waals surface area contributed by atoms with Gasteiger partial charge in [0.2, 0.25) is 0 Å². The van der Waals surface area contributed by atoms with Crippen LogP contribution in [-0.4, -0.2) is 9.91 Å². The van der Waals surface area contributed by atoms with Gasteiger partial charge in [-0.3, -0.25) is 10.1 Å². The smallest absolute Gasteiger partial charge is 0.270 e. The zero-order valence-corrected chi connectivity index (χ0v) is 15.4. The van der Waals surface area contributed by atoms with Crippen LogP contribution in [-0.2, 0) is 6.42 Å². The first-order valence-corrected chi connectivity index (χ1v) is 8.82. The molecule has 0 saturated heterocycles. The molecule has 0 N–H and O–H groups in total. The van der Waals surface area contributed by atoms with Crippen LogP contribution >= 0.6 is 23.2 Å². The highest BCUT2D eigenvalue weighted by Gasteiger charge is 2.13. The SMILES string of the molecule is O=[N+]([O-])c1cccc(-c2cc(Cc3cc(Cl)nc(Cl)c3)cc3ccoc23)c1. The molecular weight excluding hydrogens is 387 g/mol. The van der Waals surface area contributed by atoms with Crippen LogP contribution in [0.1, 0.15) is 11.1 Å². The van der Waals surface area contributed by atoms with Crippen molar-refractivity contribution in [2.45, 2.75) is 6.42 Å². The fraction of sp³-hybridized carbons (Fsp3) is 0.0500. The van der Waals surface area contributed by atoms with Crippen LogP contribution in [0.5, 0.6) is 0 Å². The highest BCUT2D eigenvalue weighted by atomic mass is 35.5. The van der Waals surface area contributed by atoms with Crippen molar-refractivity contribution in [3.8, 4) is 11.1 Å². The quantitative estimate of drug-likeness (QED) is 0.229. The summed E-state index contributed by atoms with van der Waals surface area (Å²) in [5.41, 5.74) is 4.16. The zero-order valence-electron chi connectivity index (χ0n) is 13.9. The van der Waals surface area contributed by atoms with Gasteiger partial charge in [0.05, 0.1) is 11.2 Å². The molecule has 0 spiro atoms. The molecule has 0 radical (unpaired) electrons. The highest BCUT2D eigenvalue weighted by Crippen LogP contribution is 2.33. The van der Waals surface area contributed by atoms with Gasteiger partial charge in [-0.1, -0.05) is 35.3 Å². The Hall–Kier alpha value is -2.89. The number of nitro groups is 1. The number of hydrogen-bond acceptors (Lipinski definition) is 4. The highest BCUT2D eigenvalue weighted by molar-refractivity contribution is 6.32. The summed E-state index contributed by atoms with van der Waals surface area (Å²) < 4.78 is 5.63. The van der Waals surface area contributed by atoms with Crippen LogP contribution < -0.4 is 0 Å². The van der Waals surface area contributed by atoms with Gasteiger partial charge in [-0.05, 0) is 53.4 Å². The second kappa shape index (κ2) is 7.02. The predicted molar refractivity (Wildman–Crippen MR) is 105 cm³/mol. The lowest BCUT2D eigenvalue weighted by atomic mass is 9.97. The minimum absolute atomic E-state index is 0.0327. The molecular formula is C20H12Cl2N2O3. The lowest BCUT2D eigenvalue weighted by molar-refractivity contribution is -0.384. The number of non-ortho nitro benzene ring substituents is 1. The molecule has 0 aliphatic rings. The third-order valence-electron chi connectivity index (χ3n) is 4.21. The minimum Gasteiger partial charge on any atom is -0.464 e. The van der Waals surface area contributed by atoms with E-state index in [1.807, 2.05) is 24.3 Å². The van der Waals surface area contributed by atoms with E-state index in [0.29, 0.717) is 22.3 Å². The molecule has 4 aromatic rings. The predicted octanol–water partition coefficient (Wildman–Crippen LogP) is 6.30. The van der Waals surface area contributed by atoms with Gasteiger partial charge in [0, 0.05) is 23.1 Å². The number of nitro benzene ring substituents is 1. The number of halogens is 2. The number of benzene rings is 2. The van der Waals surface area contributed by atoms with Gasteiger partial charge in [-0.2, -0.15) is 0 Å². The Balaban J connectivity index is 1.82. The maximum atomic E-state index is 11.1. The standard InChI is InChI=1S/C20H12Cl2N2O3/c21-18-9-13(10-19(22)23-18)6-12-7-15-4-5-27-20(15)17(8-12)14-2-1-3-16(11-14)24(25)26/h1-5,7-11H,6H2. The van der Waals surface area contributed by atoms with Crippen molar-refractivity contribution >= 4 is 39.9 Å². The van der Waals surface area contributed by atoms with E-state index in [2.05, 4.69) is 4.98 Å². The monoisotopic (exact) mass is 398 g/mol. The molecule has 0 aliphatic carbocycles. The normalized spacial score (nSPS) is 11.0. The van der Waals surface area contributed by atoms with E-state index in [-0.39, 0.29) is 5.69 Å². The lowest BCUT2D eigenvalue weighted by Gasteiger charge is -2.08. The van der Waals surface area contributed by atoms with Crippen LogP contribution in [0.3, 0.4) is 0 Å². The molecule has 0 fully saturated rings. The maximum Gasteiger partial charge on any atom is 0.270 e. The molecule has 2 heterocycles. The Morgan fingerprint density at radius 2 is 1.74 bits per heavy atom. The van der Waals surface area contributed by atoms with Crippen molar-refractivity contribution in [1.29, 1.82) is 0 Å². The molecule has 0 unspecified atom stereocenters. The van der Waals surface area contributed by atoms with Crippen LogP contribution in [0.2, 0.25) is 10.3 Å².